The molecule has 11 rings (SSSR count). The quantitative estimate of drug-likeness (QED) is 0.183. The second kappa shape index (κ2) is 12.4. The van der Waals surface area contributed by atoms with Crippen LogP contribution >= 0.6 is 0 Å². The summed E-state index contributed by atoms with van der Waals surface area (Å²) in [5.74, 6) is 0.669. The van der Waals surface area contributed by atoms with Crippen molar-refractivity contribution in [2.24, 2.45) is 0 Å². The van der Waals surface area contributed by atoms with Crippen LogP contribution < -0.4 is 0 Å². The molecule has 9 aromatic rings. The molecule has 256 valence electrons. The van der Waals surface area contributed by atoms with Crippen molar-refractivity contribution < 1.29 is 0 Å². The average molecular weight is 701 g/mol. The van der Waals surface area contributed by atoms with E-state index in [0.29, 0.717) is 5.82 Å². The molecule has 0 amide bonds. The Hall–Kier alpha value is -7.30. The summed E-state index contributed by atoms with van der Waals surface area (Å²) < 4.78 is 0. The zero-order chi connectivity index (χ0) is 36.3. The molecule has 1 spiro atoms. The van der Waals surface area contributed by atoms with Crippen LogP contribution in [0.1, 0.15) is 33.4 Å². The summed E-state index contributed by atoms with van der Waals surface area (Å²) in [5.41, 5.74) is 15.9. The van der Waals surface area contributed by atoms with Gasteiger partial charge in [0.25, 0.3) is 0 Å². The highest BCUT2D eigenvalue weighted by Crippen LogP contribution is 2.60. The third-order valence-electron chi connectivity index (χ3n) is 11.3. The molecular weight excluding hydrogens is 669 g/mol. The highest BCUT2D eigenvalue weighted by Gasteiger charge is 2.49. The van der Waals surface area contributed by atoms with Crippen molar-refractivity contribution >= 4 is 22.9 Å². The largest absolute Gasteiger partial charge is 0.264 e. The molecule has 0 radical (unpaired) electrons. The lowest BCUT2D eigenvalue weighted by Gasteiger charge is -2.35. The topological polar surface area (TPSA) is 51.6 Å². The van der Waals surface area contributed by atoms with E-state index in [1.807, 2.05) is 48.8 Å². The highest BCUT2D eigenvalue weighted by molar-refractivity contribution is 6.05. The van der Waals surface area contributed by atoms with Gasteiger partial charge in [0.1, 0.15) is 0 Å². The van der Waals surface area contributed by atoms with Crippen molar-refractivity contribution in [3.8, 4) is 56.3 Å². The van der Waals surface area contributed by atoms with Crippen molar-refractivity contribution in [3.63, 3.8) is 0 Å². The molecular formula is C51H32N4. The summed E-state index contributed by atoms with van der Waals surface area (Å²) in [6, 6.07) is 58.6. The monoisotopic (exact) mass is 700 g/mol. The predicted molar refractivity (Wildman–Crippen MR) is 223 cm³/mol. The van der Waals surface area contributed by atoms with Gasteiger partial charge in [-0.15, -0.1) is 0 Å². The molecule has 1 atom stereocenters. The number of pyridine rings is 2. The highest BCUT2D eigenvalue weighted by atomic mass is 14.9. The van der Waals surface area contributed by atoms with E-state index in [4.69, 9.17) is 15.0 Å². The molecule has 3 aromatic heterocycles. The molecule has 4 heteroatoms. The first-order chi connectivity index (χ1) is 27.3. The van der Waals surface area contributed by atoms with Gasteiger partial charge in [-0.25, -0.2) is 9.97 Å². The van der Waals surface area contributed by atoms with Crippen molar-refractivity contribution in [2.75, 3.05) is 0 Å². The Labute approximate surface area is 319 Å². The van der Waals surface area contributed by atoms with E-state index >= 15 is 0 Å². The zero-order valence-electron chi connectivity index (χ0n) is 29.8. The lowest BCUT2D eigenvalue weighted by molar-refractivity contribution is 0.767. The van der Waals surface area contributed by atoms with Gasteiger partial charge >= 0.3 is 0 Å². The molecule has 0 N–H and O–H groups in total. The van der Waals surface area contributed by atoms with Gasteiger partial charge in [0, 0.05) is 40.8 Å². The van der Waals surface area contributed by atoms with E-state index in [1.165, 1.54) is 55.3 Å². The van der Waals surface area contributed by atoms with Crippen LogP contribution in [-0.2, 0) is 5.41 Å². The smallest absolute Gasteiger partial charge is 0.160 e. The van der Waals surface area contributed by atoms with Gasteiger partial charge < -0.3 is 0 Å². The molecule has 0 aliphatic heterocycles. The van der Waals surface area contributed by atoms with E-state index in [9.17, 15) is 0 Å². The molecule has 55 heavy (non-hydrogen) atoms. The molecule has 0 bridgehead atoms. The van der Waals surface area contributed by atoms with Gasteiger partial charge in [0.2, 0.25) is 0 Å². The first-order valence-corrected chi connectivity index (χ1v) is 18.6. The fourth-order valence-corrected chi connectivity index (χ4v) is 8.81. The molecule has 1 unspecified atom stereocenters. The first-order valence-electron chi connectivity index (χ1n) is 18.6. The minimum atomic E-state index is -0.564. The van der Waals surface area contributed by atoms with E-state index in [1.54, 1.807) is 6.20 Å². The van der Waals surface area contributed by atoms with Crippen LogP contribution in [0.3, 0.4) is 0 Å². The summed E-state index contributed by atoms with van der Waals surface area (Å²) in [4.78, 5) is 19.5. The first kappa shape index (κ1) is 31.2. The van der Waals surface area contributed by atoms with Crippen molar-refractivity contribution in [2.45, 2.75) is 5.41 Å². The minimum Gasteiger partial charge on any atom is -0.264 e. The number of fused-ring (bicyclic) bond motifs is 11. The number of rotatable bonds is 4. The number of benzene rings is 6. The third kappa shape index (κ3) is 4.85. The normalized spacial score (nSPS) is 14.9. The second-order valence-electron chi connectivity index (χ2n) is 14.2. The predicted octanol–water partition coefficient (Wildman–Crippen LogP) is 11.9. The Morgan fingerprint density at radius 2 is 1.13 bits per heavy atom. The van der Waals surface area contributed by atoms with Gasteiger partial charge in [-0.05, 0) is 91.7 Å². The number of hydrogen-bond acceptors (Lipinski definition) is 4. The standard InChI is InChI=1S/C51H32N4/c1-2-13-36(14-3-1)50-54-47(30-48(55-50)39-25-27-46(53-32-39)38-15-10-28-52-31-38)37-23-22-35-21-20-34-12-5-8-18-42(34)51(45(35)29-37)43-19-9-7-17-41(43)49-40-16-6-4-11-33(40)24-26-44(49)51/h1-32H. The Morgan fingerprint density at radius 1 is 0.418 bits per heavy atom. The van der Waals surface area contributed by atoms with Crippen molar-refractivity contribution in [3.05, 3.63) is 216 Å². The molecule has 3 heterocycles. The summed E-state index contributed by atoms with van der Waals surface area (Å²) in [7, 11) is 0. The van der Waals surface area contributed by atoms with Crippen LogP contribution in [0.15, 0.2) is 182 Å². The fourth-order valence-electron chi connectivity index (χ4n) is 8.81. The number of hydrogen-bond donors (Lipinski definition) is 0. The van der Waals surface area contributed by atoms with Crippen LogP contribution in [-0.4, -0.2) is 19.9 Å². The Kier molecular flexibility index (Phi) is 7.04. The van der Waals surface area contributed by atoms with Crippen molar-refractivity contribution in [1.82, 2.24) is 19.9 Å². The lowest BCUT2D eigenvalue weighted by atomic mass is 9.65. The number of aromatic nitrogens is 4. The average Bonchev–Trinajstić information content (AvgIpc) is 3.48. The minimum absolute atomic E-state index is 0.564. The van der Waals surface area contributed by atoms with Gasteiger partial charge in [0.15, 0.2) is 5.82 Å². The van der Waals surface area contributed by atoms with E-state index in [2.05, 4.69) is 145 Å². The van der Waals surface area contributed by atoms with Crippen LogP contribution in [0, 0.1) is 0 Å². The molecule has 0 saturated heterocycles. The molecule has 2 aliphatic carbocycles. The maximum Gasteiger partial charge on any atom is 0.160 e. The van der Waals surface area contributed by atoms with Gasteiger partial charge in [-0.3, -0.25) is 9.97 Å². The third-order valence-corrected chi connectivity index (χ3v) is 11.3. The zero-order valence-corrected chi connectivity index (χ0v) is 29.8. The van der Waals surface area contributed by atoms with Gasteiger partial charge in [0.05, 0.1) is 22.5 Å². The van der Waals surface area contributed by atoms with Gasteiger partial charge in [-0.2, -0.15) is 0 Å². The van der Waals surface area contributed by atoms with Crippen LogP contribution in [0.25, 0.3) is 79.2 Å². The van der Waals surface area contributed by atoms with Crippen LogP contribution in [0.4, 0.5) is 0 Å². The van der Waals surface area contributed by atoms with Crippen LogP contribution in [0.5, 0.6) is 0 Å². The maximum atomic E-state index is 5.27. The summed E-state index contributed by atoms with van der Waals surface area (Å²) in [6.45, 7) is 0. The van der Waals surface area contributed by atoms with Crippen LogP contribution in [0.2, 0.25) is 0 Å². The lowest BCUT2D eigenvalue weighted by Crippen LogP contribution is -2.30. The van der Waals surface area contributed by atoms with Crippen molar-refractivity contribution in [1.29, 1.82) is 0 Å². The van der Waals surface area contributed by atoms with Gasteiger partial charge in [-0.1, -0.05) is 140 Å². The molecule has 0 saturated carbocycles. The SMILES string of the molecule is C1=Cc2ccc(-c3cc(-c4ccc(-c5cccnc5)nc4)nc(-c4ccccc4)n3)cc2C2(c3ccccc31)c1ccccc1-c1c2ccc2ccccc12. The fraction of sp³-hybridized carbons (Fsp3) is 0.0196. The Bertz CT molecular complexity index is 2970. The Balaban J connectivity index is 1.16. The van der Waals surface area contributed by atoms with E-state index in [0.717, 1.165) is 39.3 Å². The number of nitrogens with zero attached hydrogens (tertiary/aromatic N) is 4. The van der Waals surface area contributed by atoms with E-state index < -0.39 is 5.41 Å². The maximum absolute atomic E-state index is 5.27. The molecule has 0 fully saturated rings. The summed E-state index contributed by atoms with van der Waals surface area (Å²) >= 11 is 0. The summed E-state index contributed by atoms with van der Waals surface area (Å²) in [5, 5.41) is 2.51. The molecule has 4 nitrogen and oxygen atoms in total. The van der Waals surface area contributed by atoms with E-state index in [-0.39, 0.29) is 0 Å². The molecule has 6 aromatic carbocycles. The summed E-state index contributed by atoms with van der Waals surface area (Å²) in [6.07, 6.45) is 10.1. The Morgan fingerprint density at radius 3 is 1.96 bits per heavy atom. The second-order valence-corrected chi connectivity index (χ2v) is 14.2. The molecule has 2 aliphatic rings.